The molecule has 3 nitrogen and oxygen atoms in total. The molecule has 0 bridgehead atoms. The zero-order chi connectivity index (χ0) is 8.69. The summed E-state index contributed by atoms with van der Waals surface area (Å²) in [6, 6.07) is 0. The van der Waals surface area contributed by atoms with Crippen LogP contribution in [0.3, 0.4) is 0 Å². The molecule has 0 atom stereocenters. The summed E-state index contributed by atoms with van der Waals surface area (Å²) in [6.45, 7) is 2.46. The molecule has 0 aliphatic carbocycles. The Kier molecular flexibility index (Phi) is 5.25. The van der Waals surface area contributed by atoms with Crippen LogP contribution in [0.15, 0.2) is 12.3 Å². The highest BCUT2D eigenvalue weighted by Gasteiger charge is 1.93. The Bertz CT molecular complexity index is 141. The van der Waals surface area contributed by atoms with Crippen molar-refractivity contribution in [2.75, 3.05) is 20.7 Å². The summed E-state index contributed by atoms with van der Waals surface area (Å²) in [5.74, 6) is -0.277. The number of nitrogens with zero attached hydrogens (tertiary/aromatic N) is 1. The van der Waals surface area contributed by atoms with Gasteiger partial charge in [0.1, 0.15) is 0 Å². The van der Waals surface area contributed by atoms with Crippen molar-refractivity contribution in [1.82, 2.24) is 4.90 Å². The van der Waals surface area contributed by atoms with Gasteiger partial charge in [-0.15, -0.1) is 0 Å². The second-order valence-electron chi connectivity index (χ2n) is 2.45. The number of ether oxygens (including phenoxy) is 1. The minimum absolute atomic E-state index is 0.277. The molecular formula is C8H15NO2. The van der Waals surface area contributed by atoms with Gasteiger partial charge in [-0.05, 0) is 6.42 Å². The molecule has 0 spiro atoms. The van der Waals surface area contributed by atoms with Crippen molar-refractivity contribution in [2.24, 2.45) is 0 Å². The topological polar surface area (TPSA) is 29.5 Å². The quantitative estimate of drug-likeness (QED) is 0.450. The van der Waals surface area contributed by atoms with Crippen LogP contribution in [0.1, 0.15) is 13.3 Å². The van der Waals surface area contributed by atoms with Crippen molar-refractivity contribution in [1.29, 1.82) is 0 Å². The standard InChI is InChI=1S/C8H15NO2/c1-4-7-11-8(10)5-6-9(2)3/h5-6H,4,7H2,1-3H3. The van der Waals surface area contributed by atoms with Gasteiger partial charge in [-0.1, -0.05) is 6.92 Å². The third-order valence-electron chi connectivity index (χ3n) is 0.957. The molecule has 0 aromatic rings. The van der Waals surface area contributed by atoms with Gasteiger partial charge in [0.25, 0.3) is 0 Å². The Labute approximate surface area is 67.6 Å². The minimum atomic E-state index is -0.277. The molecule has 0 radical (unpaired) electrons. The van der Waals surface area contributed by atoms with E-state index in [9.17, 15) is 4.79 Å². The molecule has 0 unspecified atom stereocenters. The zero-order valence-electron chi connectivity index (χ0n) is 7.33. The lowest BCUT2D eigenvalue weighted by molar-refractivity contribution is -0.137. The lowest BCUT2D eigenvalue weighted by Crippen LogP contribution is -2.05. The van der Waals surface area contributed by atoms with E-state index >= 15 is 0 Å². The molecule has 0 N–H and O–H groups in total. The zero-order valence-corrected chi connectivity index (χ0v) is 7.33. The van der Waals surface area contributed by atoms with Crippen LogP contribution in [0.2, 0.25) is 0 Å². The summed E-state index contributed by atoms with van der Waals surface area (Å²) in [7, 11) is 3.70. The van der Waals surface area contributed by atoms with Crippen LogP contribution in [0, 0.1) is 0 Å². The van der Waals surface area contributed by atoms with Crippen LogP contribution in [-0.2, 0) is 9.53 Å². The second-order valence-corrected chi connectivity index (χ2v) is 2.45. The van der Waals surface area contributed by atoms with Gasteiger partial charge >= 0.3 is 5.97 Å². The number of hydrogen-bond donors (Lipinski definition) is 0. The normalized spacial score (nSPS) is 10.1. The molecule has 0 fully saturated rings. The van der Waals surface area contributed by atoms with E-state index in [-0.39, 0.29) is 5.97 Å². The van der Waals surface area contributed by atoms with Gasteiger partial charge < -0.3 is 9.64 Å². The number of hydrogen-bond acceptors (Lipinski definition) is 3. The highest BCUT2D eigenvalue weighted by atomic mass is 16.5. The highest BCUT2D eigenvalue weighted by Crippen LogP contribution is 1.85. The second kappa shape index (κ2) is 5.77. The summed E-state index contributed by atoms with van der Waals surface area (Å²) < 4.78 is 4.79. The van der Waals surface area contributed by atoms with E-state index in [0.717, 1.165) is 6.42 Å². The summed E-state index contributed by atoms with van der Waals surface area (Å²) in [6.07, 6.45) is 3.94. The maximum absolute atomic E-state index is 10.8. The molecule has 0 aromatic heterocycles. The van der Waals surface area contributed by atoms with Crippen molar-refractivity contribution in [3.05, 3.63) is 12.3 Å². The van der Waals surface area contributed by atoms with Crippen LogP contribution < -0.4 is 0 Å². The molecule has 64 valence electrons. The molecule has 0 aliphatic rings. The van der Waals surface area contributed by atoms with E-state index in [1.807, 2.05) is 21.0 Å². The molecule has 0 aromatic carbocycles. The van der Waals surface area contributed by atoms with Crippen molar-refractivity contribution in [2.45, 2.75) is 13.3 Å². The molecule has 0 rings (SSSR count). The van der Waals surface area contributed by atoms with E-state index in [0.29, 0.717) is 6.61 Å². The fourth-order valence-corrected chi connectivity index (χ4v) is 0.461. The molecule has 0 amide bonds. The number of carbonyl (C=O) groups is 1. The monoisotopic (exact) mass is 157 g/mol. The summed E-state index contributed by atoms with van der Waals surface area (Å²) in [5.41, 5.74) is 0. The molecular weight excluding hydrogens is 142 g/mol. The third-order valence-corrected chi connectivity index (χ3v) is 0.957. The Hall–Kier alpha value is -0.990. The minimum Gasteiger partial charge on any atom is -0.463 e. The lowest BCUT2D eigenvalue weighted by atomic mass is 10.5. The molecule has 0 heterocycles. The van der Waals surface area contributed by atoms with Crippen LogP contribution >= 0.6 is 0 Å². The summed E-state index contributed by atoms with van der Waals surface area (Å²) in [5, 5.41) is 0. The van der Waals surface area contributed by atoms with Gasteiger partial charge in [-0.2, -0.15) is 0 Å². The van der Waals surface area contributed by atoms with Crippen molar-refractivity contribution >= 4 is 5.97 Å². The number of esters is 1. The summed E-state index contributed by atoms with van der Waals surface area (Å²) >= 11 is 0. The first kappa shape index (κ1) is 10.0. The first-order valence-electron chi connectivity index (χ1n) is 3.68. The largest absolute Gasteiger partial charge is 0.463 e. The maximum atomic E-state index is 10.8. The Morgan fingerprint density at radius 3 is 2.64 bits per heavy atom. The third kappa shape index (κ3) is 6.90. The smallest absolute Gasteiger partial charge is 0.332 e. The van der Waals surface area contributed by atoms with Crippen LogP contribution in [0.4, 0.5) is 0 Å². The van der Waals surface area contributed by atoms with E-state index < -0.39 is 0 Å². The van der Waals surface area contributed by atoms with Gasteiger partial charge in [-0.3, -0.25) is 0 Å². The molecule has 11 heavy (non-hydrogen) atoms. The Morgan fingerprint density at radius 2 is 2.18 bits per heavy atom. The average molecular weight is 157 g/mol. The van der Waals surface area contributed by atoms with Gasteiger partial charge in [0.2, 0.25) is 0 Å². The number of rotatable bonds is 4. The van der Waals surface area contributed by atoms with E-state index in [1.165, 1.54) is 6.08 Å². The van der Waals surface area contributed by atoms with Crippen molar-refractivity contribution < 1.29 is 9.53 Å². The Balaban J connectivity index is 3.51. The SMILES string of the molecule is CCCOC(=O)C=CN(C)C. The van der Waals surface area contributed by atoms with Crippen LogP contribution in [-0.4, -0.2) is 31.6 Å². The van der Waals surface area contributed by atoms with Crippen LogP contribution in [0.5, 0.6) is 0 Å². The van der Waals surface area contributed by atoms with E-state index in [1.54, 1.807) is 11.1 Å². The first-order chi connectivity index (χ1) is 5.16. The molecule has 0 saturated heterocycles. The van der Waals surface area contributed by atoms with E-state index in [4.69, 9.17) is 4.74 Å². The Morgan fingerprint density at radius 1 is 1.55 bits per heavy atom. The number of carbonyl (C=O) groups excluding carboxylic acids is 1. The highest BCUT2D eigenvalue weighted by molar-refractivity contribution is 5.81. The predicted octanol–water partition coefficient (Wildman–Crippen LogP) is 1.01. The van der Waals surface area contributed by atoms with Crippen molar-refractivity contribution in [3.63, 3.8) is 0 Å². The van der Waals surface area contributed by atoms with E-state index in [2.05, 4.69) is 0 Å². The lowest BCUT2D eigenvalue weighted by Gasteiger charge is -2.02. The maximum Gasteiger partial charge on any atom is 0.332 e. The summed E-state index contributed by atoms with van der Waals surface area (Å²) in [4.78, 5) is 12.6. The predicted molar refractivity (Wildman–Crippen MR) is 44.1 cm³/mol. The molecule has 3 heteroatoms. The fourth-order valence-electron chi connectivity index (χ4n) is 0.461. The molecule has 0 aliphatic heterocycles. The van der Waals surface area contributed by atoms with Gasteiger partial charge in [-0.25, -0.2) is 4.79 Å². The fraction of sp³-hybridized carbons (Fsp3) is 0.625. The van der Waals surface area contributed by atoms with Gasteiger partial charge in [0, 0.05) is 26.4 Å². The van der Waals surface area contributed by atoms with Crippen molar-refractivity contribution in [3.8, 4) is 0 Å². The van der Waals surface area contributed by atoms with Gasteiger partial charge in [0.15, 0.2) is 0 Å². The molecule has 0 saturated carbocycles. The first-order valence-corrected chi connectivity index (χ1v) is 3.68. The van der Waals surface area contributed by atoms with Gasteiger partial charge in [0.05, 0.1) is 6.61 Å². The van der Waals surface area contributed by atoms with Crippen LogP contribution in [0.25, 0.3) is 0 Å². The average Bonchev–Trinajstić information content (AvgIpc) is 1.97.